The third-order valence-electron chi connectivity index (χ3n) is 10.4. The van der Waals surface area contributed by atoms with Gasteiger partial charge in [0.1, 0.15) is 0 Å². The van der Waals surface area contributed by atoms with Crippen LogP contribution in [0.4, 0.5) is 5.69 Å². The number of aromatic nitrogens is 2. The van der Waals surface area contributed by atoms with E-state index in [4.69, 9.17) is 38.4 Å². The topological polar surface area (TPSA) is 87.6 Å². The van der Waals surface area contributed by atoms with Gasteiger partial charge in [-0.3, -0.25) is 14.9 Å². The molecule has 0 aliphatic carbocycles. The summed E-state index contributed by atoms with van der Waals surface area (Å²) >= 11 is 0. The second kappa shape index (κ2) is 23.1. The normalized spacial score (nSPS) is 12.6. The average molecular weight is 856 g/mol. The molecule has 2 aromatic heterocycles. The van der Waals surface area contributed by atoms with Crippen molar-refractivity contribution >= 4 is 42.9 Å². The maximum absolute atomic E-state index is 5.71. The van der Waals surface area contributed by atoms with Gasteiger partial charge in [-0.15, -0.1) is 37.2 Å². The molecule has 314 valence electrons. The monoisotopic (exact) mass is 854 g/mol. The van der Waals surface area contributed by atoms with E-state index in [1.807, 2.05) is 42.7 Å². The van der Waals surface area contributed by atoms with Crippen LogP contribution in [0.2, 0.25) is 0 Å². The van der Waals surface area contributed by atoms with Crippen molar-refractivity contribution in [3.63, 3.8) is 0 Å². The van der Waals surface area contributed by atoms with E-state index in [9.17, 15) is 0 Å². The van der Waals surface area contributed by atoms with Crippen LogP contribution in [0.5, 0.6) is 34.5 Å². The standard InChI is InChI=1S/C45H54N4O6.3ClH/c1-8-9-11-31-13-15-36(16-14-31)49(30-33-12-10-20-47-43(33)35-27-41(52-4)45(55-7)42(28-35)53-5)37-18-22-48(23-19-37)29-32-17-21-46-38(24-32)34-25-39(50-2)44(54-6)40(26-34)51-3;;;/h10,12-17,20-21,24-28,37H,8-9,11,18-19,22-23,29-30H2,1-7H3;3*1H. The lowest BCUT2D eigenvalue weighted by Gasteiger charge is -2.40. The summed E-state index contributed by atoms with van der Waals surface area (Å²) in [6.07, 6.45) is 9.26. The number of unbranched alkanes of at least 4 members (excludes halogenated alkanes) is 1. The van der Waals surface area contributed by atoms with Gasteiger partial charge in [0.05, 0.1) is 54.0 Å². The molecule has 5 aromatic rings. The largest absolute Gasteiger partial charge is 0.493 e. The fourth-order valence-corrected chi connectivity index (χ4v) is 7.50. The molecule has 0 radical (unpaired) electrons. The fraction of sp³-hybridized carbons (Fsp3) is 0.378. The second-order valence-electron chi connectivity index (χ2n) is 13.8. The quantitative estimate of drug-likeness (QED) is 0.0901. The van der Waals surface area contributed by atoms with Crippen molar-refractivity contribution in [1.29, 1.82) is 0 Å². The SMILES string of the molecule is CCCCc1ccc(N(Cc2cccnc2-c2cc(OC)c(OC)c(OC)c2)C2CCN(Cc3ccnc(-c4cc(OC)c(OC)c(OC)c4)c3)CC2)cc1.Cl.Cl.Cl. The maximum atomic E-state index is 5.71. The van der Waals surface area contributed by atoms with Crippen LogP contribution in [0.25, 0.3) is 22.5 Å². The molecule has 0 N–H and O–H groups in total. The van der Waals surface area contributed by atoms with Gasteiger partial charge in [0.2, 0.25) is 11.5 Å². The number of hydrogen-bond donors (Lipinski definition) is 0. The Bertz CT molecular complexity index is 1980. The highest BCUT2D eigenvalue weighted by atomic mass is 35.5. The average Bonchev–Trinajstić information content (AvgIpc) is 3.24. The van der Waals surface area contributed by atoms with Crippen LogP contribution in [-0.2, 0) is 19.5 Å². The molecule has 0 spiro atoms. The molecule has 3 aromatic carbocycles. The number of methoxy groups -OCH3 is 6. The zero-order chi connectivity index (χ0) is 38.7. The minimum absolute atomic E-state index is 0. The summed E-state index contributed by atoms with van der Waals surface area (Å²) in [6.45, 7) is 5.74. The van der Waals surface area contributed by atoms with Gasteiger partial charge >= 0.3 is 0 Å². The van der Waals surface area contributed by atoms with Gasteiger partial charge in [0.25, 0.3) is 0 Å². The highest BCUT2D eigenvalue weighted by Crippen LogP contribution is 2.43. The summed E-state index contributed by atoms with van der Waals surface area (Å²) in [7, 11) is 9.77. The van der Waals surface area contributed by atoms with Crippen LogP contribution in [-0.4, -0.2) is 76.7 Å². The summed E-state index contributed by atoms with van der Waals surface area (Å²) in [4.78, 5) is 14.7. The molecule has 1 saturated heterocycles. The third kappa shape index (κ3) is 11.1. The van der Waals surface area contributed by atoms with Crippen LogP contribution in [0.3, 0.4) is 0 Å². The lowest BCUT2D eigenvalue weighted by atomic mass is 9.98. The predicted octanol–water partition coefficient (Wildman–Crippen LogP) is 10.1. The number of hydrogen-bond acceptors (Lipinski definition) is 10. The molecule has 0 unspecified atom stereocenters. The smallest absolute Gasteiger partial charge is 0.203 e. The minimum Gasteiger partial charge on any atom is -0.493 e. The number of likely N-dealkylation sites (tertiary alicyclic amines) is 1. The van der Waals surface area contributed by atoms with E-state index in [1.165, 1.54) is 29.7 Å². The van der Waals surface area contributed by atoms with Crippen molar-refractivity contribution in [1.82, 2.24) is 14.9 Å². The van der Waals surface area contributed by atoms with Crippen molar-refractivity contribution in [3.8, 4) is 57.0 Å². The Kier molecular flexibility index (Phi) is 19.0. The summed E-state index contributed by atoms with van der Waals surface area (Å²) < 4.78 is 33.8. The van der Waals surface area contributed by atoms with E-state index < -0.39 is 0 Å². The summed E-state index contributed by atoms with van der Waals surface area (Å²) in [6, 6.07) is 25.8. The van der Waals surface area contributed by atoms with Crippen molar-refractivity contribution in [2.24, 2.45) is 0 Å². The molecule has 0 bridgehead atoms. The Hall–Kier alpha value is -4.61. The number of piperidine rings is 1. The fourth-order valence-electron chi connectivity index (χ4n) is 7.50. The Morgan fingerprint density at radius 1 is 0.638 bits per heavy atom. The molecular formula is C45H57Cl3N4O6. The molecule has 10 nitrogen and oxygen atoms in total. The van der Waals surface area contributed by atoms with E-state index in [1.54, 1.807) is 42.7 Å². The molecule has 1 fully saturated rings. The molecule has 0 atom stereocenters. The molecule has 0 amide bonds. The number of aryl methyl sites for hydroxylation is 1. The molecule has 6 rings (SSSR count). The first-order chi connectivity index (χ1) is 26.9. The van der Waals surface area contributed by atoms with Crippen LogP contribution >= 0.6 is 37.2 Å². The van der Waals surface area contributed by atoms with Gasteiger partial charge in [0.15, 0.2) is 23.0 Å². The summed E-state index contributed by atoms with van der Waals surface area (Å²) in [5, 5.41) is 0. The zero-order valence-electron chi connectivity index (χ0n) is 34.5. The number of pyridine rings is 2. The molecular weight excluding hydrogens is 799 g/mol. The maximum Gasteiger partial charge on any atom is 0.203 e. The minimum atomic E-state index is 0. The lowest BCUT2D eigenvalue weighted by molar-refractivity contribution is 0.201. The third-order valence-corrected chi connectivity index (χ3v) is 10.4. The van der Waals surface area contributed by atoms with Crippen molar-refractivity contribution in [3.05, 3.63) is 102 Å². The number of rotatable bonds is 17. The van der Waals surface area contributed by atoms with Crippen LogP contribution in [0.15, 0.2) is 85.2 Å². The number of anilines is 1. The molecule has 1 aliphatic heterocycles. The lowest BCUT2D eigenvalue weighted by Crippen LogP contribution is -2.44. The zero-order valence-corrected chi connectivity index (χ0v) is 36.9. The Balaban J connectivity index is 0.00000300. The Morgan fingerprint density at radius 2 is 1.21 bits per heavy atom. The first-order valence-electron chi connectivity index (χ1n) is 19.0. The molecule has 58 heavy (non-hydrogen) atoms. The highest BCUT2D eigenvalue weighted by molar-refractivity contribution is 5.86. The Morgan fingerprint density at radius 3 is 1.74 bits per heavy atom. The van der Waals surface area contributed by atoms with Gasteiger partial charge in [-0.05, 0) is 97.0 Å². The van der Waals surface area contributed by atoms with Crippen LogP contribution < -0.4 is 33.3 Å². The van der Waals surface area contributed by atoms with Crippen molar-refractivity contribution in [2.75, 3.05) is 60.6 Å². The van der Waals surface area contributed by atoms with E-state index >= 15 is 0 Å². The highest BCUT2D eigenvalue weighted by Gasteiger charge is 2.27. The van der Waals surface area contributed by atoms with E-state index in [0.29, 0.717) is 47.1 Å². The molecule has 13 heteroatoms. The first kappa shape index (κ1) is 47.8. The van der Waals surface area contributed by atoms with Crippen LogP contribution in [0, 0.1) is 0 Å². The number of nitrogens with zero attached hydrogens (tertiary/aromatic N) is 4. The van der Waals surface area contributed by atoms with E-state index in [-0.39, 0.29) is 37.2 Å². The van der Waals surface area contributed by atoms with Crippen molar-refractivity contribution in [2.45, 2.75) is 58.2 Å². The van der Waals surface area contributed by atoms with Gasteiger partial charge in [-0.1, -0.05) is 31.5 Å². The van der Waals surface area contributed by atoms with Gasteiger partial charge in [0, 0.05) is 61.4 Å². The van der Waals surface area contributed by atoms with Gasteiger partial charge < -0.3 is 33.3 Å². The number of benzene rings is 3. The number of ether oxygens (including phenoxy) is 6. The second-order valence-corrected chi connectivity index (χ2v) is 13.8. The summed E-state index contributed by atoms with van der Waals surface area (Å²) in [5.41, 5.74) is 8.52. The number of halogens is 3. The molecule has 3 heterocycles. The van der Waals surface area contributed by atoms with Gasteiger partial charge in [-0.25, -0.2) is 0 Å². The predicted molar refractivity (Wildman–Crippen MR) is 240 cm³/mol. The van der Waals surface area contributed by atoms with Crippen molar-refractivity contribution < 1.29 is 28.4 Å². The van der Waals surface area contributed by atoms with E-state index in [2.05, 4.69) is 59.2 Å². The van der Waals surface area contributed by atoms with E-state index in [0.717, 1.165) is 67.0 Å². The first-order valence-corrected chi connectivity index (χ1v) is 19.0. The van der Waals surface area contributed by atoms with Crippen LogP contribution in [0.1, 0.15) is 49.3 Å². The van der Waals surface area contributed by atoms with Gasteiger partial charge in [-0.2, -0.15) is 0 Å². The summed E-state index contributed by atoms with van der Waals surface area (Å²) in [5.74, 6) is 3.54. The Labute approximate surface area is 362 Å². The molecule has 0 saturated carbocycles. The molecule has 1 aliphatic rings.